The minimum Gasteiger partial charge on any atom is -0.468 e. The Bertz CT molecular complexity index is 1010. The Labute approximate surface area is 196 Å². The van der Waals surface area contributed by atoms with Crippen LogP contribution in [0.2, 0.25) is 0 Å². The lowest BCUT2D eigenvalue weighted by Crippen LogP contribution is -2.44. The molecule has 2 atom stereocenters. The maximum Gasteiger partial charge on any atom is 0.337 e. The molecular formula is C23H25N3O6S. The lowest BCUT2D eigenvalue weighted by Gasteiger charge is -2.31. The Hall–Kier alpha value is -3.32. The Morgan fingerprint density at radius 1 is 1.12 bits per heavy atom. The second-order valence-electron chi connectivity index (χ2n) is 7.67. The summed E-state index contributed by atoms with van der Waals surface area (Å²) in [6.45, 7) is 1.41. The normalized spacial score (nSPS) is 20.5. The van der Waals surface area contributed by atoms with E-state index in [-0.39, 0.29) is 22.3 Å². The predicted molar refractivity (Wildman–Crippen MR) is 120 cm³/mol. The number of thioether (sulfide) groups is 1. The number of nitrogens with one attached hydrogen (secondary N) is 1. The SMILES string of the molecule is COC(=O)c1ccc([C@H]2C(C#N)=C(SCC(=O)N3CCCCC3)NC(=O)[C@@H]2C(=O)OC)cc1. The zero-order valence-corrected chi connectivity index (χ0v) is 19.3. The molecule has 2 amide bonds. The smallest absolute Gasteiger partial charge is 0.337 e. The van der Waals surface area contributed by atoms with Gasteiger partial charge in [0.25, 0.3) is 0 Å². The van der Waals surface area contributed by atoms with Crippen LogP contribution in [0, 0.1) is 17.2 Å². The molecule has 1 aromatic carbocycles. The zero-order chi connectivity index (χ0) is 24.0. The molecule has 0 aromatic heterocycles. The molecule has 0 aliphatic carbocycles. The summed E-state index contributed by atoms with van der Waals surface area (Å²) >= 11 is 1.07. The highest BCUT2D eigenvalue weighted by Gasteiger charge is 2.44. The van der Waals surface area contributed by atoms with Crippen molar-refractivity contribution in [3.63, 3.8) is 0 Å². The van der Waals surface area contributed by atoms with E-state index < -0.39 is 29.7 Å². The van der Waals surface area contributed by atoms with Crippen molar-refractivity contribution in [1.82, 2.24) is 10.2 Å². The van der Waals surface area contributed by atoms with Gasteiger partial charge >= 0.3 is 11.9 Å². The van der Waals surface area contributed by atoms with Gasteiger partial charge < -0.3 is 19.7 Å². The van der Waals surface area contributed by atoms with Crippen LogP contribution in [0.15, 0.2) is 34.9 Å². The van der Waals surface area contributed by atoms with Gasteiger partial charge in [-0.2, -0.15) is 5.26 Å². The average Bonchev–Trinajstić information content (AvgIpc) is 2.86. The van der Waals surface area contributed by atoms with Gasteiger partial charge in [-0.05, 0) is 37.0 Å². The first-order valence-electron chi connectivity index (χ1n) is 10.5. The summed E-state index contributed by atoms with van der Waals surface area (Å²) in [4.78, 5) is 51.5. The van der Waals surface area contributed by atoms with Crippen LogP contribution >= 0.6 is 11.8 Å². The molecule has 1 aromatic rings. The Balaban J connectivity index is 1.93. The first-order chi connectivity index (χ1) is 15.9. The molecule has 1 fully saturated rings. The van der Waals surface area contributed by atoms with E-state index in [0.717, 1.165) is 31.0 Å². The number of rotatable bonds is 6. The summed E-state index contributed by atoms with van der Waals surface area (Å²) in [5.74, 6) is -4.13. The standard InChI is InChI=1S/C23H25N3O6S/c1-31-22(29)15-8-6-14(7-9-15)18-16(12-24)21(25-20(28)19(18)23(30)32-2)33-13-17(27)26-10-4-3-5-11-26/h6-9,18-19H,3-5,10-11,13H2,1-2H3,(H,25,28)/t18-,19+/m0/s1. The molecule has 0 unspecified atom stereocenters. The van der Waals surface area contributed by atoms with Gasteiger partial charge in [0.05, 0.1) is 42.2 Å². The van der Waals surface area contributed by atoms with Crippen molar-refractivity contribution in [1.29, 1.82) is 5.26 Å². The summed E-state index contributed by atoms with van der Waals surface area (Å²) in [5, 5.41) is 12.8. The van der Waals surface area contributed by atoms with E-state index >= 15 is 0 Å². The van der Waals surface area contributed by atoms with Gasteiger partial charge in [-0.3, -0.25) is 14.4 Å². The van der Waals surface area contributed by atoms with E-state index in [1.54, 1.807) is 17.0 Å². The first kappa shape index (κ1) is 24.3. The number of carbonyl (C=O) groups excluding carboxylic acids is 4. The number of esters is 2. The molecule has 2 aliphatic rings. The van der Waals surface area contributed by atoms with Gasteiger partial charge in [0.2, 0.25) is 11.8 Å². The second kappa shape index (κ2) is 11.0. The van der Waals surface area contributed by atoms with Gasteiger partial charge in [0.1, 0.15) is 5.92 Å². The van der Waals surface area contributed by atoms with Crippen LogP contribution in [0.25, 0.3) is 0 Å². The molecular weight excluding hydrogens is 446 g/mol. The van der Waals surface area contributed by atoms with Crippen LogP contribution in [-0.4, -0.2) is 61.7 Å². The summed E-state index contributed by atoms with van der Waals surface area (Å²) in [7, 11) is 2.44. The minimum absolute atomic E-state index is 0.0622. The summed E-state index contributed by atoms with van der Waals surface area (Å²) in [6, 6.07) is 8.26. The van der Waals surface area contributed by atoms with Gasteiger partial charge in [-0.1, -0.05) is 23.9 Å². The molecule has 3 rings (SSSR count). The fourth-order valence-corrected chi connectivity index (χ4v) is 4.94. The topological polar surface area (TPSA) is 126 Å². The molecule has 9 nitrogen and oxygen atoms in total. The Kier molecular flexibility index (Phi) is 8.11. The van der Waals surface area contributed by atoms with Crippen LogP contribution < -0.4 is 5.32 Å². The van der Waals surface area contributed by atoms with Crippen LogP contribution in [0.5, 0.6) is 0 Å². The maximum absolute atomic E-state index is 12.9. The summed E-state index contributed by atoms with van der Waals surface area (Å²) in [6.07, 6.45) is 3.02. The molecule has 174 valence electrons. The minimum atomic E-state index is -1.28. The molecule has 0 saturated carbocycles. The molecule has 1 saturated heterocycles. The Morgan fingerprint density at radius 3 is 2.36 bits per heavy atom. The predicted octanol–water partition coefficient (Wildman–Crippen LogP) is 1.96. The number of likely N-dealkylation sites (tertiary alicyclic amines) is 1. The van der Waals surface area contributed by atoms with E-state index in [1.165, 1.54) is 26.4 Å². The van der Waals surface area contributed by atoms with Gasteiger partial charge in [0, 0.05) is 19.0 Å². The van der Waals surface area contributed by atoms with Gasteiger partial charge in [-0.25, -0.2) is 4.79 Å². The van der Waals surface area contributed by atoms with Crippen molar-refractivity contribution in [3.05, 3.63) is 46.0 Å². The van der Waals surface area contributed by atoms with Crippen LogP contribution in [0.4, 0.5) is 0 Å². The van der Waals surface area contributed by atoms with E-state index in [1.807, 2.05) is 0 Å². The number of carbonyl (C=O) groups is 4. The third kappa shape index (κ3) is 5.37. The summed E-state index contributed by atoms with van der Waals surface area (Å²) < 4.78 is 9.52. The number of hydrogen-bond acceptors (Lipinski definition) is 8. The van der Waals surface area contributed by atoms with Gasteiger partial charge in [-0.15, -0.1) is 0 Å². The number of nitriles is 1. The largest absolute Gasteiger partial charge is 0.468 e. The highest BCUT2D eigenvalue weighted by Crippen LogP contribution is 2.40. The number of ether oxygens (including phenoxy) is 2. The molecule has 33 heavy (non-hydrogen) atoms. The number of nitrogens with zero attached hydrogens (tertiary/aromatic N) is 2. The second-order valence-corrected chi connectivity index (χ2v) is 8.65. The third-order valence-electron chi connectivity index (χ3n) is 5.72. The number of piperidine rings is 1. The quantitative estimate of drug-likeness (QED) is 0.493. The highest BCUT2D eigenvalue weighted by atomic mass is 32.2. The lowest BCUT2D eigenvalue weighted by atomic mass is 9.78. The fraction of sp³-hybridized carbons (Fsp3) is 0.435. The van der Waals surface area contributed by atoms with E-state index in [0.29, 0.717) is 24.2 Å². The molecule has 10 heteroatoms. The van der Waals surface area contributed by atoms with Crippen molar-refractivity contribution in [2.75, 3.05) is 33.1 Å². The monoisotopic (exact) mass is 471 g/mol. The van der Waals surface area contributed by atoms with Gasteiger partial charge in [0.15, 0.2) is 0 Å². The van der Waals surface area contributed by atoms with Crippen LogP contribution in [0.3, 0.4) is 0 Å². The van der Waals surface area contributed by atoms with Crippen molar-refractivity contribution >= 4 is 35.5 Å². The zero-order valence-electron chi connectivity index (χ0n) is 18.5. The molecule has 1 N–H and O–H groups in total. The number of benzene rings is 1. The van der Waals surface area contributed by atoms with Crippen LogP contribution in [-0.2, 0) is 23.9 Å². The summed E-state index contributed by atoms with van der Waals surface area (Å²) in [5.41, 5.74) is 0.942. The van der Waals surface area contributed by atoms with Crippen molar-refractivity contribution < 1.29 is 28.7 Å². The van der Waals surface area contributed by atoms with Crippen molar-refractivity contribution in [2.45, 2.75) is 25.2 Å². The first-order valence-corrected chi connectivity index (χ1v) is 11.5. The molecule has 0 radical (unpaired) electrons. The fourth-order valence-electron chi connectivity index (χ4n) is 3.99. The number of allylic oxidation sites excluding steroid dienone is 1. The number of methoxy groups -OCH3 is 2. The molecule has 0 bridgehead atoms. The van der Waals surface area contributed by atoms with E-state index in [2.05, 4.69) is 11.4 Å². The molecule has 0 spiro atoms. The van der Waals surface area contributed by atoms with E-state index in [9.17, 15) is 24.4 Å². The Morgan fingerprint density at radius 2 is 1.79 bits per heavy atom. The average molecular weight is 472 g/mol. The lowest BCUT2D eigenvalue weighted by molar-refractivity contribution is -0.150. The van der Waals surface area contributed by atoms with Crippen molar-refractivity contribution in [2.24, 2.45) is 5.92 Å². The highest BCUT2D eigenvalue weighted by molar-refractivity contribution is 8.03. The van der Waals surface area contributed by atoms with Crippen LogP contribution in [0.1, 0.15) is 41.1 Å². The molecule has 2 aliphatic heterocycles. The number of hydrogen-bond donors (Lipinski definition) is 1. The molecule has 2 heterocycles. The van der Waals surface area contributed by atoms with Crippen molar-refractivity contribution in [3.8, 4) is 6.07 Å². The van der Waals surface area contributed by atoms with E-state index in [4.69, 9.17) is 9.47 Å². The maximum atomic E-state index is 12.9. The number of amides is 2. The third-order valence-corrected chi connectivity index (χ3v) is 6.73.